The lowest BCUT2D eigenvalue weighted by molar-refractivity contribution is -0.0297. The molecule has 1 aliphatic rings. The molecule has 2 aromatic heterocycles. The Hall–Kier alpha value is -1.30. The van der Waals surface area contributed by atoms with Crippen LogP contribution in [0.4, 0.5) is 0 Å². The monoisotopic (exact) mass is 331 g/mol. The Morgan fingerprint density at radius 1 is 1.39 bits per heavy atom. The second-order valence-corrected chi connectivity index (χ2v) is 7.98. The zero-order valence-electron chi connectivity index (χ0n) is 14.2. The molecule has 2 aromatic rings. The van der Waals surface area contributed by atoms with Gasteiger partial charge in [0.25, 0.3) is 0 Å². The van der Waals surface area contributed by atoms with Crippen molar-refractivity contribution in [2.45, 2.75) is 38.7 Å². The lowest BCUT2D eigenvalue weighted by Gasteiger charge is -2.32. The van der Waals surface area contributed by atoms with Crippen LogP contribution in [0, 0.1) is 0 Å². The Bertz CT molecular complexity index is 621. The molecule has 124 valence electrons. The highest BCUT2D eigenvalue weighted by Crippen LogP contribution is 2.30. The molecule has 0 bridgehead atoms. The van der Waals surface area contributed by atoms with Crippen molar-refractivity contribution >= 4 is 11.3 Å². The first-order chi connectivity index (χ1) is 11.0. The van der Waals surface area contributed by atoms with Gasteiger partial charge < -0.3 is 4.74 Å². The van der Waals surface area contributed by atoms with Crippen molar-refractivity contribution in [3.8, 4) is 0 Å². The lowest BCUT2D eigenvalue weighted by Crippen LogP contribution is -2.39. The third-order valence-electron chi connectivity index (χ3n) is 4.16. The third-order valence-corrected chi connectivity index (χ3v) is 5.09. The van der Waals surface area contributed by atoms with Gasteiger partial charge in [-0.2, -0.15) is 0 Å². The molecular formula is C18H25N3OS. The minimum absolute atomic E-state index is 0.101. The fourth-order valence-electron chi connectivity index (χ4n) is 2.67. The number of hydrogen-bond donors (Lipinski definition) is 0. The Balaban J connectivity index is 1.59. The highest BCUT2D eigenvalue weighted by Gasteiger charge is 2.26. The van der Waals surface area contributed by atoms with Gasteiger partial charge in [0.15, 0.2) is 0 Å². The normalized spacial score (nSPS) is 19.9. The molecule has 1 unspecified atom stereocenters. The summed E-state index contributed by atoms with van der Waals surface area (Å²) in [4.78, 5) is 11.5. The fourth-order valence-corrected chi connectivity index (χ4v) is 3.75. The number of thiazole rings is 1. The number of nitrogens with zero attached hydrogens (tertiary/aromatic N) is 3. The highest BCUT2D eigenvalue weighted by atomic mass is 32.1. The van der Waals surface area contributed by atoms with Crippen molar-refractivity contribution in [3.63, 3.8) is 0 Å². The molecule has 0 radical (unpaired) electrons. The van der Waals surface area contributed by atoms with Crippen molar-refractivity contribution in [2.24, 2.45) is 0 Å². The summed E-state index contributed by atoms with van der Waals surface area (Å²) in [6.07, 6.45) is 4.92. The average molecular weight is 331 g/mol. The Morgan fingerprint density at radius 2 is 2.26 bits per heavy atom. The van der Waals surface area contributed by atoms with E-state index < -0.39 is 0 Å². The molecule has 1 aliphatic heterocycles. The van der Waals surface area contributed by atoms with E-state index in [9.17, 15) is 0 Å². The summed E-state index contributed by atoms with van der Waals surface area (Å²) in [5.41, 5.74) is 2.55. The Labute approximate surface area is 142 Å². The summed E-state index contributed by atoms with van der Waals surface area (Å²) >= 11 is 1.73. The zero-order chi connectivity index (χ0) is 16.3. The summed E-state index contributed by atoms with van der Waals surface area (Å²) in [6, 6.07) is 4.14. The second-order valence-electron chi connectivity index (χ2n) is 7.09. The molecule has 1 atom stereocenters. The summed E-state index contributed by atoms with van der Waals surface area (Å²) in [6.45, 7) is 10.4. The number of aromatic nitrogens is 2. The van der Waals surface area contributed by atoms with Crippen LogP contribution in [0.1, 0.15) is 43.1 Å². The molecule has 0 N–H and O–H groups in total. The molecule has 0 amide bonds. The first kappa shape index (κ1) is 16.6. The summed E-state index contributed by atoms with van der Waals surface area (Å²) < 4.78 is 5.97. The minimum Gasteiger partial charge on any atom is -0.368 e. The molecule has 23 heavy (non-hydrogen) atoms. The Kier molecular flexibility index (Phi) is 5.09. The minimum atomic E-state index is 0.101. The van der Waals surface area contributed by atoms with Gasteiger partial charge >= 0.3 is 0 Å². The molecule has 1 fully saturated rings. The van der Waals surface area contributed by atoms with Crippen LogP contribution >= 0.6 is 11.3 Å². The van der Waals surface area contributed by atoms with Crippen molar-refractivity contribution < 1.29 is 4.74 Å². The van der Waals surface area contributed by atoms with Gasteiger partial charge in [-0.3, -0.25) is 9.88 Å². The summed E-state index contributed by atoms with van der Waals surface area (Å²) in [5.74, 6) is 0. The largest absolute Gasteiger partial charge is 0.368 e. The topological polar surface area (TPSA) is 38.2 Å². The van der Waals surface area contributed by atoms with Crippen molar-refractivity contribution in [2.75, 3.05) is 26.2 Å². The lowest BCUT2D eigenvalue weighted by atomic mass is 9.93. The predicted octanol–water partition coefficient (Wildman–Crippen LogP) is 3.45. The molecule has 4 nitrogen and oxygen atoms in total. The summed E-state index contributed by atoms with van der Waals surface area (Å²) in [5, 5.41) is 3.29. The van der Waals surface area contributed by atoms with E-state index >= 15 is 0 Å². The van der Waals surface area contributed by atoms with Crippen LogP contribution in [0.15, 0.2) is 29.9 Å². The summed E-state index contributed by atoms with van der Waals surface area (Å²) in [7, 11) is 0. The van der Waals surface area contributed by atoms with Gasteiger partial charge in [0.05, 0.1) is 12.3 Å². The molecule has 3 rings (SSSR count). The van der Waals surface area contributed by atoms with E-state index in [-0.39, 0.29) is 11.5 Å². The third kappa shape index (κ3) is 4.37. The first-order valence-electron chi connectivity index (χ1n) is 8.21. The number of pyridine rings is 1. The van der Waals surface area contributed by atoms with Gasteiger partial charge in [0.1, 0.15) is 11.1 Å². The van der Waals surface area contributed by atoms with E-state index in [0.29, 0.717) is 0 Å². The van der Waals surface area contributed by atoms with Crippen LogP contribution in [0.25, 0.3) is 0 Å². The smallest absolute Gasteiger partial charge is 0.123 e. The van der Waals surface area contributed by atoms with Gasteiger partial charge in [-0.1, -0.05) is 26.8 Å². The predicted molar refractivity (Wildman–Crippen MR) is 93.9 cm³/mol. The molecule has 0 aliphatic carbocycles. The molecule has 0 aromatic carbocycles. The van der Waals surface area contributed by atoms with Crippen LogP contribution in [0.2, 0.25) is 0 Å². The molecule has 3 heterocycles. The molecule has 1 saturated heterocycles. The van der Waals surface area contributed by atoms with E-state index in [4.69, 9.17) is 9.72 Å². The van der Waals surface area contributed by atoms with Crippen molar-refractivity contribution in [1.29, 1.82) is 0 Å². The molecule has 0 saturated carbocycles. The van der Waals surface area contributed by atoms with E-state index in [1.165, 1.54) is 5.56 Å². The maximum Gasteiger partial charge on any atom is 0.123 e. The maximum atomic E-state index is 5.97. The van der Waals surface area contributed by atoms with Gasteiger partial charge in [-0.15, -0.1) is 11.3 Å². The number of morpholine rings is 1. The van der Waals surface area contributed by atoms with Crippen molar-refractivity contribution in [3.05, 3.63) is 46.2 Å². The van der Waals surface area contributed by atoms with E-state index in [0.717, 1.165) is 43.4 Å². The van der Waals surface area contributed by atoms with Gasteiger partial charge in [0, 0.05) is 42.8 Å². The van der Waals surface area contributed by atoms with Crippen LogP contribution in [0.5, 0.6) is 0 Å². The Morgan fingerprint density at radius 3 is 2.96 bits per heavy atom. The van der Waals surface area contributed by atoms with Gasteiger partial charge in [0.2, 0.25) is 0 Å². The highest BCUT2D eigenvalue weighted by molar-refractivity contribution is 7.09. The standard InChI is InChI=1S/C18H25N3OS/c1-18(2,3)16-13-23-17(20-16)15-12-21(9-10-22-15)8-6-14-5-4-7-19-11-14/h4-5,7,11,13,15H,6,8-10,12H2,1-3H3. The maximum absolute atomic E-state index is 5.97. The van der Waals surface area contributed by atoms with Crippen molar-refractivity contribution in [1.82, 2.24) is 14.9 Å². The zero-order valence-corrected chi connectivity index (χ0v) is 15.0. The molecule has 5 heteroatoms. The van der Waals surface area contributed by atoms with Crippen LogP contribution in [-0.2, 0) is 16.6 Å². The van der Waals surface area contributed by atoms with E-state index in [2.05, 4.69) is 42.1 Å². The number of ether oxygens (including phenoxy) is 1. The van der Waals surface area contributed by atoms with E-state index in [1.54, 1.807) is 11.3 Å². The van der Waals surface area contributed by atoms with Gasteiger partial charge in [-0.05, 0) is 18.1 Å². The molecule has 0 spiro atoms. The number of rotatable bonds is 4. The SMILES string of the molecule is CC(C)(C)c1csc(C2CN(CCc3cccnc3)CCO2)n1. The van der Waals surface area contributed by atoms with Crippen LogP contribution < -0.4 is 0 Å². The molecular weight excluding hydrogens is 306 g/mol. The quantitative estimate of drug-likeness (QED) is 0.860. The van der Waals surface area contributed by atoms with Crippen LogP contribution in [0.3, 0.4) is 0 Å². The average Bonchev–Trinajstić information content (AvgIpc) is 3.05. The van der Waals surface area contributed by atoms with Crippen LogP contribution in [-0.4, -0.2) is 41.1 Å². The second kappa shape index (κ2) is 7.07. The fraction of sp³-hybridized carbons (Fsp3) is 0.556. The van der Waals surface area contributed by atoms with Gasteiger partial charge in [-0.25, -0.2) is 4.98 Å². The van der Waals surface area contributed by atoms with E-state index in [1.807, 2.05) is 18.5 Å². The number of hydrogen-bond acceptors (Lipinski definition) is 5. The first-order valence-corrected chi connectivity index (χ1v) is 9.09.